The van der Waals surface area contributed by atoms with Crippen molar-refractivity contribution in [3.63, 3.8) is 0 Å². The highest BCUT2D eigenvalue weighted by Gasteiger charge is 2.19. The Hall–Kier alpha value is -3.48. The van der Waals surface area contributed by atoms with E-state index in [1.165, 1.54) is 4.68 Å². The van der Waals surface area contributed by atoms with E-state index in [0.717, 1.165) is 11.1 Å². The summed E-state index contributed by atoms with van der Waals surface area (Å²) in [4.78, 5) is 37.1. The third-order valence-electron chi connectivity index (χ3n) is 4.57. The van der Waals surface area contributed by atoms with Crippen molar-refractivity contribution >= 4 is 28.3 Å². The molecule has 0 radical (unpaired) electrons. The molecule has 0 aliphatic rings. The summed E-state index contributed by atoms with van der Waals surface area (Å²) in [6, 6.07) is 12.3. The molecule has 144 valence electrons. The fourth-order valence-electron chi connectivity index (χ4n) is 2.87. The van der Waals surface area contributed by atoms with E-state index in [4.69, 9.17) is 4.74 Å². The number of benzene rings is 2. The Balaban J connectivity index is 1.78. The lowest BCUT2D eigenvalue weighted by Crippen LogP contribution is -2.27. The number of esters is 1. The van der Waals surface area contributed by atoms with Crippen LogP contribution >= 0.6 is 0 Å². The van der Waals surface area contributed by atoms with Crippen LogP contribution in [0.5, 0.6) is 0 Å². The van der Waals surface area contributed by atoms with Crippen LogP contribution in [0.1, 0.15) is 28.5 Å². The van der Waals surface area contributed by atoms with Crippen molar-refractivity contribution in [2.75, 3.05) is 11.9 Å². The number of rotatable bonds is 5. The SMILES string of the molecule is CCn1nc(C(=O)OCC(=O)Nc2cccc(C)c2C)c2ccccc2c1=O. The third-order valence-corrected chi connectivity index (χ3v) is 4.57. The largest absolute Gasteiger partial charge is 0.451 e. The first kappa shape index (κ1) is 19.3. The Bertz CT molecular complexity index is 1120. The van der Waals surface area contributed by atoms with Gasteiger partial charge in [-0.2, -0.15) is 5.10 Å². The van der Waals surface area contributed by atoms with Gasteiger partial charge in [0.25, 0.3) is 11.5 Å². The van der Waals surface area contributed by atoms with Gasteiger partial charge in [0, 0.05) is 17.6 Å². The van der Waals surface area contributed by atoms with Crippen molar-refractivity contribution in [2.24, 2.45) is 0 Å². The molecule has 1 heterocycles. The normalized spacial score (nSPS) is 10.7. The molecule has 1 aromatic heterocycles. The van der Waals surface area contributed by atoms with Crippen LogP contribution in [-0.2, 0) is 16.1 Å². The molecule has 0 spiro atoms. The Labute approximate surface area is 161 Å². The number of ether oxygens (including phenoxy) is 1. The van der Waals surface area contributed by atoms with Gasteiger partial charge in [-0.05, 0) is 44.0 Å². The summed E-state index contributed by atoms with van der Waals surface area (Å²) in [6.07, 6.45) is 0. The lowest BCUT2D eigenvalue weighted by molar-refractivity contribution is -0.119. The number of nitrogens with zero attached hydrogens (tertiary/aromatic N) is 2. The fourth-order valence-corrected chi connectivity index (χ4v) is 2.87. The van der Waals surface area contributed by atoms with Gasteiger partial charge in [0.1, 0.15) is 0 Å². The van der Waals surface area contributed by atoms with Gasteiger partial charge in [-0.15, -0.1) is 0 Å². The maximum absolute atomic E-state index is 12.5. The molecular weight excluding hydrogens is 358 g/mol. The zero-order chi connectivity index (χ0) is 20.3. The lowest BCUT2D eigenvalue weighted by Gasteiger charge is -2.11. The highest BCUT2D eigenvalue weighted by atomic mass is 16.5. The van der Waals surface area contributed by atoms with Gasteiger partial charge < -0.3 is 10.1 Å². The Morgan fingerprint density at radius 2 is 1.79 bits per heavy atom. The molecule has 0 saturated carbocycles. The zero-order valence-corrected chi connectivity index (χ0v) is 16.0. The first-order chi connectivity index (χ1) is 13.4. The monoisotopic (exact) mass is 379 g/mol. The van der Waals surface area contributed by atoms with Crippen molar-refractivity contribution in [1.82, 2.24) is 9.78 Å². The van der Waals surface area contributed by atoms with E-state index in [9.17, 15) is 14.4 Å². The van der Waals surface area contributed by atoms with Gasteiger partial charge >= 0.3 is 5.97 Å². The lowest BCUT2D eigenvalue weighted by atomic mass is 10.1. The minimum atomic E-state index is -0.755. The van der Waals surface area contributed by atoms with Crippen LogP contribution in [0.3, 0.4) is 0 Å². The topological polar surface area (TPSA) is 90.3 Å². The van der Waals surface area contributed by atoms with E-state index in [2.05, 4.69) is 10.4 Å². The van der Waals surface area contributed by atoms with Crippen molar-refractivity contribution in [3.8, 4) is 0 Å². The van der Waals surface area contributed by atoms with Crippen molar-refractivity contribution in [2.45, 2.75) is 27.3 Å². The van der Waals surface area contributed by atoms with Gasteiger partial charge in [-0.3, -0.25) is 9.59 Å². The third kappa shape index (κ3) is 3.78. The standard InChI is InChI=1S/C21H21N3O4/c1-4-24-20(26)16-10-6-5-9-15(16)19(23-24)21(27)28-12-18(25)22-17-11-7-8-13(2)14(17)3/h5-11H,4,12H2,1-3H3,(H,22,25). The molecule has 0 aliphatic heterocycles. The number of amides is 1. The second-order valence-electron chi connectivity index (χ2n) is 6.39. The van der Waals surface area contributed by atoms with Gasteiger partial charge in [-0.25, -0.2) is 9.48 Å². The van der Waals surface area contributed by atoms with Crippen LogP contribution < -0.4 is 10.9 Å². The molecule has 1 amide bonds. The molecule has 3 aromatic rings. The van der Waals surface area contributed by atoms with Crippen LogP contribution in [0, 0.1) is 13.8 Å². The molecule has 3 rings (SSSR count). The quantitative estimate of drug-likeness (QED) is 0.689. The first-order valence-electron chi connectivity index (χ1n) is 8.95. The smallest absolute Gasteiger partial charge is 0.359 e. The molecule has 0 aliphatic carbocycles. The summed E-state index contributed by atoms with van der Waals surface area (Å²) in [5.41, 5.74) is 2.40. The highest BCUT2D eigenvalue weighted by Crippen LogP contribution is 2.18. The minimum absolute atomic E-state index is 0.0107. The summed E-state index contributed by atoms with van der Waals surface area (Å²) in [6.45, 7) is 5.48. The van der Waals surface area contributed by atoms with Crippen LogP contribution in [0.25, 0.3) is 10.8 Å². The van der Waals surface area contributed by atoms with E-state index >= 15 is 0 Å². The van der Waals surface area contributed by atoms with Crippen LogP contribution in [-0.4, -0.2) is 28.3 Å². The maximum Gasteiger partial charge on any atom is 0.359 e. The number of aryl methyl sites for hydroxylation is 2. The van der Waals surface area contributed by atoms with Crippen molar-refractivity contribution in [1.29, 1.82) is 0 Å². The molecule has 2 aromatic carbocycles. The van der Waals surface area contributed by atoms with E-state index in [0.29, 0.717) is 23.0 Å². The number of nitrogens with one attached hydrogen (secondary N) is 1. The van der Waals surface area contributed by atoms with E-state index < -0.39 is 18.5 Å². The van der Waals surface area contributed by atoms with Crippen molar-refractivity contribution in [3.05, 3.63) is 69.6 Å². The summed E-state index contributed by atoms with van der Waals surface area (Å²) in [5.74, 6) is -1.20. The molecule has 0 fully saturated rings. The van der Waals surface area contributed by atoms with Crippen molar-refractivity contribution < 1.29 is 14.3 Å². The van der Waals surface area contributed by atoms with Gasteiger partial charge in [0.15, 0.2) is 12.3 Å². The number of carbonyl (C=O) groups is 2. The summed E-state index contributed by atoms with van der Waals surface area (Å²) < 4.78 is 6.35. The maximum atomic E-state index is 12.5. The molecule has 0 saturated heterocycles. The number of carbonyl (C=O) groups excluding carboxylic acids is 2. The summed E-state index contributed by atoms with van der Waals surface area (Å²) in [7, 11) is 0. The molecule has 0 bridgehead atoms. The second kappa shape index (κ2) is 8.04. The molecule has 7 heteroatoms. The molecule has 0 unspecified atom stereocenters. The number of hydrogen-bond donors (Lipinski definition) is 1. The second-order valence-corrected chi connectivity index (χ2v) is 6.39. The van der Waals surface area contributed by atoms with E-state index in [1.54, 1.807) is 37.3 Å². The predicted molar refractivity (Wildman–Crippen MR) is 107 cm³/mol. The predicted octanol–water partition coefficient (Wildman–Crippen LogP) is 2.83. The van der Waals surface area contributed by atoms with Gasteiger partial charge in [0.05, 0.1) is 5.39 Å². The van der Waals surface area contributed by atoms with Gasteiger partial charge in [-0.1, -0.05) is 30.3 Å². The van der Waals surface area contributed by atoms with E-state index in [-0.39, 0.29) is 11.3 Å². The zero-order valence-electron chi connectivity index (χ0n) is 16.0. The molecule has 28 heavy (non-hydrogen) atoms. The molecule has 0 atom stereocenters. The minimum Gasteiger partial charge on any atom is -0.451 e. The number of hydrogen-bond acceptors (Lipinski definition) is 5. The molecular formula is C21H21N3O4. The highest BCUT2D eigenvalue weighted by molar-refractivity contribution is 6.03. The summed E-state index contributed by atoms with van der Waals surface area (Å²) in [5, 5.41) is 7.62. The Kier molecular flexibility index (Phi) is 5.54. The average molecular weight is 379 g/mol. The van der Waals surface area contributed by atoms with Gasteiger partial charge in [0.2, 0.25) is 0 Å². The molecule has 7 nitrogen and oxygen atoms in total. The fraction of sp³-hybridized carbons (Fsp3) is 0.238. The Morgan fingerprint density at radius 1 is 1.07 bits per heavy atom. The average Bonchev–Trinajstić information content (AvgIpc) is 2.70. The number of fused-ring (bicyclic) bond motifs is 1. The number of aromatic nitrogens is 2. The molecule has 1 N–H and O–H groups in total. The Morgan fingerprint density at radius 3 is 2.50 bits per heavy atom. The van der Waals surface area contributed by atoms with Crippen LogP contribution in [0.15, 0.2) is 47.3 Å². The van der Waals surface area contributed by atoms with Crippen LogP contribution in [0.4, 0.5) is 5.69 Å². The summed E-state index contributed by atoms with van der Waals surface area (Å²) >= 11 is 0. The number of anilines is 1. The van der Waals surface area contributed by atoms with E-state index in [1.807, 2.05) is 26.0 Å². The first-order valence-corrected chi connectivity index (χ1v) is 8.95. The van der Waals surface area contributed by atoms with Crippen LogP contribution in [0.2, 0.25) is 0 Å².